The van der Waals surface area contributed by atoms with Crippen LogP contribution in [0, 0.1) is 5.41 Å². The molecule has 0 unspecified atom stereocenters. The fourth-order valence-corrected chi connectivity index (χ4v) is 0.750. The van der Waals surface area contributed by atoms with Crippen molar-refractivity contribution >= 4 is 6.21 Å². The zero-order valence-corrected chi connectivity index (χ0v) is 6.78. The lowest BCUT2D eigenvalue weighted by molar-refractivity contribution is 0.798. The molecular weight excluding hydrogens is 124 g/mol. The number of nitrogens with two attached hydrogens (primary N) is 1. The fraction of sp³-hybridized carbons (Fsp3) is 0.625. The molecule has 58 valence electrons. The van der Waals surface area contributed by atoms with E-state index in [4.69, 9.17) is 11.1 Å². The minimum Gasteiger partial charge on any atom is -0.402 e. The predicted octanol–water partition coefficient (Wildman–Crippen LogP) is 2.06. The number of hydrogen-bond acceptors (Lipinski definition) is 2. The summed E-state index contributed by atoms with van der Waals surface area (Å²) in [5, 5.41) is 7.01. The SMILES string of the molecule is CCCC/C(C=N)=C(\C)N. The van der Waals surface area contributed by atoms with E-state index in [0.717, 1.165) is 30.5 Å². The zero-order chi connectivity index (χ0) is 7.98. The Kier molecular flexibility index (Phi) is 4.63. The van der Waals surface area contributed by atoms with Crippen LogP contribution in [0.3, 0.4) is 0 Å². The summed E-state index contributed by atoms with van der Waals surface area (Å²) in [4.78, 5) is 0. The average molecular weight is 140 g/mol. The lowest BCUT2D eigenvalue weighted by Crippen LogP contribution is -1.99. The number of hydrogen-bond donors (Lipinski definition) is 2. The third kappa shape index (κ3) is 3.28. The molecule has 0 saturated heterocycles. The number of allylic oxidation sites excluding steroid dienone is 2. The fourth-order valence-electron chi connectivity index (χ4n) is 0.750. The number of rotatable bonds is 4. The molecule has 0 bridgehead atoms. The van der Waals surface area contributed by atoms with Crippen molar-refractivity contribution in [2.45, 2.75) is 33.1 Å². The van der Waals surface area contributed by atoms with Crippen LogP contribution in [-0.4, -0.2) is 6.21 Å². The average Bonchev–Trinajstić information content (AvgIpc) is 1.89. The Balaban J connectivity index is 3.85. The van der Waals surface area contributed by atoms with Gasteiger partial charge in [0.1, 0.15) is 0 Å². The van der Waals surface area contributed by atoms with E-state index in [-0.39, 0.29) is 0 Å². The maximum Gasteiger partial charge on any atom is 0.0226 e. The largest absolute Gasteiger partial charge is 0.402 e. The molecule has 0 fully saturated rings. The molecule has 0 saturated carbocycles. The molecule has 0 aliphatic heterocycles. The first kappa shape index (κ1) is 9.21. The smallest absolute Gasteiger partial charge is 0.0226 e. The van der Waals surface area contributed by atoms with E-state index < -0.39 is 0 Å². The maximum atomic E-state index is 7.01. The Morgan fingerprint density at radius 2 is 2.20 bits per heavy atom. The molecule has 0 spiro atoms. The summed E-state index contributed by atoms with van der Waals surface area (Å²) in [6.07, 6.45) is 4.58. The topological polar surface area (TPSA) is 49.9 Å². The Labute approximate surface area is 62.6 Å². The van der Waals surface area contributed by atoms with E-state index in [1.807, 2.05) is 6.92 Å². The van der Waals surface area contributed by atoms with Crippen LogP contribution in [0.1, 0.15) is 33.1 Å². The van der Waals surface area contributed by atoms with Gasteiger partial charge < -0.3 is 11.1 Å². The molecular formula is C8H16N2. The van der Waals surface area contributed by atoms with Crippen LogP contribution in [0.4, 0.5) is 0 Å². The van der Waals surface area contributed by atoms with Gasteiger partial charge in [0, 0.05) is 11.9 Å². The monoisotopic (exact) mass is 140 g/mol. The van der Waals surface area contributed by atoms with Crippen molar-refractivity contribution < 1.29 is 0 Å². The van der Waals surface area contributed by atoms with Crippen LogP contribution in [0.25, 0.3) is 0 Å². The van der Waals surface area contributed by atoms with Gasteiger partial charge >= 0.3 is 0 Å². The van der Waals surface area contributed by atoms with E-state index in [2.05, 4.69) is 6.92 Å². The number of unbranched alkanes of at least 4 members (excludes halogenated alkanes) is 1. The van der Waals surface area contributed by atoms with Crippen molar-refractivity contribution in [2.75, 3.05) is 0 Å². The molecule has 0 amide bonds. The van der Waals surface area contributed by atoms with Crippen LogP contribution in [0.5, 0.6) is 0 Å². The van der Waals surface area contributed by atoms with Gasteiger partial charge in [-0.2, -0.15) is 0 Å². The predicted molar refractivity (Wildman–Crippen MR) is 45.2 cm³/mol. The van der Waals surface area contributed by atoms with E-state index in [0.29, 0.717) is 0 Å². The van der Waals surface area contributed by atoms with E-state index >= 15 is 0 Å². The second-order valence-electron chi connectivity index (χ2n) is 2.46. The Hall–Kier alpha value is -0.790. The third-order valence-electron chi connectivity index (χ3n) is 1.48. The second kappa shape index (κ2) is 5.03. The van der Waals surface area contributed by atoms with Crippen molar-refractivity contribution in [2.24, 2.45) is 5.73 Å². The van der Waals surface area contributed by atoms with Gasteiger partial charge in [0.25, 0.3) is 0 Å². The molecule has 0 atom stereocenters. The van der Waals surface area contributed by atoms with Gasteiger partial charge in [-0.25, -0.2) is 0 Å². The van der Waals surface area contributed by atoms with Crippen LogP contribution in [0.15, 0.2) is 11.3 Å². The lowest BCUT2D eigenvalue weighted by Gasteiger charge is -2.00. The quantitative estimate of drug-likeness (QED) is 0.577. The van der Waals surface area contributed by atoms with Gasteiger partial charge in [-0.05, 0) is 25.3 Å². The maximum absolute atomic E-state index is 7.01. The molecule has 0 rings (SSSR count). The summed E-state index contributed by atoms with van der Waals surface area (Å²) < 4.78 is 0. The molecule has 10 heavy (non-hydrogen) atoms. The van der Waals surface area contributed by atoms with Gasteiger partial charge in [0.15, 0.2) is 0 Å². The summed E-state index contributed by atoms with van der Waals surface area (Å²) >= 11 is 0. The number of nitrogens with one attached hydrogen (secondary N) is 1. The molecule has 0 aromatic carbocycles. The molecule has 0 heterocycles. The van der Waals surface area contributed by atoms with Crippen molar-refractivity contribution in [3.8, 4) is 0 Å². The lowest BCUT2D eigenvalue weighted by atomic mass is 10.1. The first-order chi connectivity index (χ1) is 4.72. The van der Waals surface area contributed by atoms with Crippen molar-refractivity contribution in [3.05, 3.63) is 11.3 Å². The summed E-state index contributed by atoms with van der Waals surface area (Å²) in [7, 11) is 0. The highest BCUT2D eigenvalue weighted by molar-refractivity contribution is 5.76. The van der Waals surface area contributed by atoms with E-state index in [1.54, 1.807) is 0 Å². The molecule has 3 N–H and O–H groups in total. The highest BCUT2D eigenvalue weighted by Crippen LogP contribution is 2.06. The van der Waals surface area contributed by atoms with Crippen LogP contribution >= 0.6 is 0 Å². The van der Waals surface area contributed by atoms with Crippen LogP contribution in [-0.2, 0) is 0 Å². The molecule has 2 nitrogen and oxygen atoms in total. The molecule has 0 radical (unpaired) electrons. The van der Waals surface area contributed by atoms with Gasteiger partial charge in [-0.15, -0.1) is 0 Å². The highest BCUT2D eigenvalue weighted by Gasteiger charge is 1.94. The first-order valence-corrected chi connectivity index (χ1v) is 3.68. The zero-order valence-electron chi connectivity index (χ0n) is 6.78. The van der Waals surface area contributed by atoms with Gasteiger partial charge in [-0.3, -0.25) is 0 Å². The van der Waals surface area contributed by atoms with Gasteiger partial charge in [-0.1, -0.05) is 13.3 Å². The first-order valence-electron chi connectivity index (χ1n) is 3.68. The molecule has 0 aromatic rings. The van der Waals surface area contributed by atoms with Crippen LogP contribution < -0.4 is 5.73 Å². The van der Waals surface area contributed by atoms with E-state index in [9.17, 15) is 0 Å². The molecule has 0 aromatic heterocycles. The molecule has 2 heteroatoms. The molecule has 0 aliphatic carbocycles. The van der Waals surface area contributed by atoms with Crippen molar-refractivity contribution in [1.29, 1.82) is 5.41 Å². The third-order valence-corrected chi connectivity index (χ3v) is 1.48. The van der Waals surface area contributed by atoms with Gasteiger partial charge in [0.05, 0.1) is 0 Å². The highest BCUT2D eigenvalue weighted by atomic mass is 14.6. The minimum atomic E-state index is 0.781. The second-order valence-corrected chi connectivity index (χ2v) is 2.46. The van der Waals surface area contributed by atoms with Crippen molar-refractivity contribution in [1.82, 2.24) is 0 Å². The Morgan fingerprint density at radius 3 is 2.50 bits per heavy atom. The summed E-state index contributed by atoms with van der Waals surface area (Å²) in [5.41, 5.74) is 7.27. The minimum absolute atomic E-state index is 0.781. The summed E-state index contributed by atoms with van der Waals surface area (Å²) in [6, 6.07) is 0. The standard InChI is InChI=1S/C8H16N2/c1-3-4-5-8(6-9)7(2)10/h6,9H,3-5,10H2,1-2H3/b8-7-,9-6?. The van der Waals surface area contributed by atoms with E-state index in [1.165, 1.54) is 6.21 Å². The summed E-state index contributed by atoms with van der Waals surface area (Å²) in [6.45, 7) is 3.98. The van der Waals surface area contributed by atoms with Crippen molar-refractivity contribution in [3.63, 3.8) is 0 Å². The van der Waals surface area contributed by atoms with Gasteiger partial charge in [0.2, 0.25) is 0 Å². The Bertz CT molecular complexity index is 132. The normalized spacial score (nSPS) is 12.6. The Morgan fingerprint density at radius 1 is 1.60 bits per heavy atom. The van der Waals surface area contributed by atoms with Crippen LogP contribution in [0.2, 0.25) is 0 Å². The summed E-state index contributed by atoms with van der Waals surface area (Å²) in [5.74, 6) is 0. The molecule has 0 aliphatic rings.